The van der Waals surface area contributed by atoms with E-state index in [4.69, 9.17) is 10.5 Å². The number of nitrogens with two attached hydrogens (primary N) is 1. The number of nitrogens with one attached hydrogen (secondary N) is 1. The van der Waals surface area contributed by atoms with E-state index in [1.54, 1.807) is 24.3 Å². The van der Waals surface area contributed by atoms with Crippen LogP contribution in [0.4, 0.5) is 11.4 Å². The Morgan fingerprint density at radius 3 is 2.54 bits per heavy atom. The second-order valence-corrected chi connectivity index (χ2v) is 6.60. The number of rotatable bonds is 6. The number of nitrogen functional groups attached to an aromatic ring is 1. The molecule has 1 heterocycles. The van der Waals surface area contributed by atoms with E-state index in [2.05, 4.69) is 22.2 Å². The normalized spacial score (nSPS) is 15.6. The van der Waals surface area contributed by atoms with Crippen LogP contribution in [0.2, 0.25) is 0 Å². The number of carbonyl (C=O) groups is 1. The smallest absolute Gasteiger partial charge is 0.255 e. The van der Waals surface area contributed by atoms with Crippen LogP contribution >= 0.6 is 0 Å². The van der Waals surface area contributed by atoms with Crippen molar-refractivity contribution < 1.29 is 9.53 Å². The average molecular weight is 354 g/mol. The molecule has 1 saturated heterocycles. The number of benzene rings is 2. The minimum atomic E-state index is -0.180. The fourth-order valence-electron chi connectivity index (χ4n) is 2.88. The average Bonchev–Trinajstić information content (AvgIpc) is 2.65. The molecule has 6 heteroatoms. The van der Waals surface area contributed by atoms with Crippen molar-refractivity contribution in [1.29, 1.82) is 0 Å². The Morgan fingerprint density at radius 1 is 1.12 bits per heavy atom. The van der Waals surface area contributed by atoms with Gasteiger partial charge < -0.3 is 20.7 Å². The van der Waals surface area contributed by atoms with Crippen molar-refractivity contribution >= 4 is 17.3 Å². The summed E-state index contributed by atoms with van der Waals surface area (Å²) in [7, 11) is 2.15. The van der Waals surface area contributed by atoms with Crippen LogP contribution in [0.15, 0.2) is 48.5 Å². The molecule has 0 aromatic heterocycles. The van der Waals surface area contributed by atoms with Crippen molar-refractivity contribution in [3.05, 3.63) is 54.1 Å². The fraction of sp³-hybridized carbons (Fsp3) is 0.350. The number of anilines is 2. The maximum atomic E-state index is 12.2. The highest BCUT2D eigenvalue weighted by Gasteiger charge is 2.13. The van der Waals surface area contributed by atoms with Gasteiger partial charge in [-0.1, -0.05) is 6.07 Å². The number of likely N-dealkylation sites (N-methyl/N-ethyl adjacent to an activating group) is 1. The molecule has 1 aliphatic heterocycles. The lowest BCUT2D eigenvalue weighted by molar-refractivity contribution is 0.102. The minimum absolute atomic E-state index is 0.180. The number of carbonyl (C=O) groups excluding carboxylic acids is 1. The van der Waals surface area contributed by atoms with E-state index in [-0.39, 0.29) is 5.91 Å². The molecule has 0 saturated carbocycles. The van der Waals surface area contributed by atoms with E-state index < -0.39 is 0 Å². The summed E-state index contributed by atoms with van der Waals surface area (Å²) in [5.41, 5.74) is 7.55. The second kappa shape index (κ2) is 8.69. The van der Waals surface area contributed by atoms with Crippen LogP contribution in [0.25, 0.3) is 0 Å². The van der Waals surface area contributed by atoms with Gasteiger partial charge >= 0.3 is 0 Å². The largest absolute Gasteiger partial charge is 0.492 e. The Balaban J connectivity index is 1.45. The summed E-state index contributed by atoms with van der Waals surface area (Å²) in [6, 6.07) is 14.3. The number of hydrogen-bond donors (Lipinski definition) is 2. The number of ether oxygens (including phenoxy) is 1. The van der Waals surface area contributed by atoms with Gasteiger partial charge in [0.15, 0.2) is 0 Å². The molecule has 138 valence electrons. The zero-order valence-electron chi connectivity index (χ0n) is 15.1. The van der Waals surface area contributed by atoms with Crippen LogP contribution in [-0.2, 0) is 0 Å². The topological polar surface area (TPSA) is 70.8 Å². The van der Waals surface area contributed by atoms with E-state index in [0.29, 0.717) is 17.9 Å². The quantitative estimate of drug-likeness (QED) is 0.778. The highest BCUT2D eigenvalue weighted by Crippen LogP contribution is 2.17. The van der Waals surface area contributed by atoms with Crippen molar-refractivity contribution in [2.24, 2.45) is 0 Å². The molecule has 0 atom stereocenters. The molecule has 2 aromatic rings. The molecule has 1 amide bonds. The van der Waals surface area contributed by atoms with E-state index in [1.807, 2.05) is 24.3 Å². The summed E-state index contributed by atoms with van der Waals surface area (Å²) in [4.78, 5) is 17.0. The van der Waals surface area contributed by atoms with Crippen LogP contribution in [-0.4, -0.2) is 62.1 Å². The molecule has 1 aliphatic rings. The fourth-order valence-corrected chi connectivity index (χ4v) is 2.88. The molecule has 0 radical (unpaired) electrons. The van der Waals surface area contributed by atoms with Crippen LogP contribution in [0.5, 0.6) is 5.75 Å². The summed E-state index contributed by atoms with van der Waals surface area (Å²) < 4.78 is 5.81. The lowest BCUT2D eigenvalue weighted by atomic mass is 10.2. The van der Waals surface area contributed by atoms with Crippen LogP contribution in [0.3, 0.4) is 0 Å². The lowest BCUT2D eigenvalue weighted by Crippen LogP contribution is -2.45. The van der Waals surface area contributed by atoms with Gasteiger partial charge in [0.05, 0.1) is 0 Å². The van der Waals surface area contributed by atoms with Gasteiger partial charge in [0.2, 0.25) is 0 Å². The molecule has 0 aliphatic carbocycles. The first-order valence-electron chi connectivity index (χ1n) is 8.91. The van der Waals surface area contributed by atoms with Gasteiger partial charge in [-0.05, 0) is 49.5 Å². The SMILES string of the molecule is CN1CCN(CCOc2ccc(NC(=O)c3cccc(N)c3)cc2)CC1. The third kappa shape index (κ3) is 5.21. The maximum Gasteiger partial charge on any atom is 0.255 e. The number of nitrogens with zero attached hydrogens (tertiary/aromatic N) is 2. The van der Waals surface area contributed by atoms with E-state index in [0.717, 1.165) is 44.2 Å². The predicted molar refractivity (Wildman–Crippen MR) is 105 cm³/mol. The van der Waals surface area contributed by atoms with Crippen molar-refractivity contribution in [2.45, 2.75) is 0 Å². The summed E-state index contributed by atoms with van der Waals surface area (Å²) >= 11 is 0. The van der Waals surface area contributed by atoms with E-state index >= 15 is 0 Å². The Morgan fingerprint density at radius 2 is 1.85 bits per heavy atom. The highest BCUT2D eigenvalue weighted by atomic mass is 16.5. The first-order valence-corrected chi connectivity index (χ1v) is 8.91. The zero-order valence-corrected chi connectivity index (χ0v) is 15.1. The molecule has 6 nitrogen and oxygen atoms in total. The van der Waals surface area contributed by atoms with Crippen molar-refractivity contribution in [3.8, 4) is 5.75 Å². The minimum Gasteiger partial charge on any atom is -0.492 e. The van der Waals surface area contributed by atoms with Gasteiger partial charge in [0, 0.05) is 49.7 Å². The molecular weight excluding hydrogens is 328 g/mol. The summed E-state index contributed by atoms with van der Waals surface area (Å²) in [6.45, 7) is 6.01. The molecule has 1 fully saturated rings. The maximum absolute atomic E-state index is 12.2. The third-order valence-electron chi connectivity index (χ3n) is 4.53. The van der Waals surface area contributed by atoms with E-state index in [9.17, 15) is 4.79 Å². The Bertz CT molecular complexity index is 725. The van der Waals surface area contributed by atoms with E-state index in [1.165, 1.54) is 0 Å². The Labute approximate surface area is 154 Å². The molecular formula is C20H26N4O2. The number of piperazine rings is 1. The molecule has 3 N–H and O–H groups in total. The predicted octanol–water partition coefficient (Wildman–Crippen LogP) is 2.15. The summed E-state index contributed by atoms with van der Waals surface area (Å²) in [5.74, 6) is 0.627. The van der Waals surface area contributed by atoms with Crippen molar-refractivity contribution in [1.82, 2.24) is 9.80 Å². The molecule has 26 heavy (non-hydrogen) atoms. The Hall–Kier alpha value is -2.57. The van der Waals surface area contributed by atoms with Gasteiger partial charge in [-0.25, -0.2) is 0 Å². The third-order valence-corrected chi connectivity index (χ3v) is 4.53. The van der Waals surface area contributed by atoms with Gasteiger partial charge in [-0.2, -0.15) is 0 Å². The summed E-state index contributed by atoms with van der Waals surface area (Å²) in [5, 5.41) is 2.86. The molecule has 2 aromatic carbocycles. The second-order valence-electron chi connectivity index (χ2n) is 6.60. The first kappa shape index (κ1) is 18.2. The monoisotopic (exact) mass is 354 g/mol. The van der Waals surface area contributed by atoms with Crippen LogP contribution < -0.4 is 15.8 Å². The standard InChI is InChI=1S/C20H26N4O2/c1-23-9-11-24(12-10-23)13-14-26-19-7-5-18(6-8-19)22-20(25)16-3-2-4-17(21)15-16/h2-8,15H,9-14,21H2,1H3,(H,22,25). The van der Waals surface area contributed by atoms with Crippen LogP contribution in [0, 0.1) is 0 Å². The molecule has 0 spiro atoms. The zero-order chi connectivity index (χ0) is 18.4. The molecule has 0 unspecified atom stereocenters. The van der Waals surface area contributed by atoms with Crippen molar-refractivity contribution in [2.75, 3.05) is 57.4 Å². The van der Waals surface area contributed by atoms with Gasteiger partial charge in [0.25, 0.3) is 5.91 Å². The van der Waals surface area contributed by atoms with Crippen LogP contribution in [0.1, 0.15) is 10.4 Å². The lowest BCUT2D eigenvalue weighted by Gasteiger charge is -2.32. The Kier molecular flexibility index (Phi) is 6.09. The number of hydrogen-bond acceptors (Lipinski definition) is 5. The van der Waals surface area contributed by atoms with Gasteiger partial charge in [-0.15, -0.1) is 0 Å². The van der Waals surface area contributed by atoms with Gasteiger partial charge in [0.1, 0.15) is 12.4 Å². The van der Waals surface area contributed by atoms with Crippen molar-refractivity contribution in [3.63, 3.8) is 0 Å². The highest BCUT2D eigenvalue weighted by molar-refractivity contribution is 6.04. The summed E-state index contributed by atoms with van der Waals surface area (Å²) in [6.07, 6.45) is 0. The van der Waals surface area contributed by atoms with Gasteiger partial charge in [-0.3, -0.25) is 9.69 Å². The molecule has 3 rings (SSSR count). The molecule has 0 bridgehead atoms. The number of amides is 1. The first-order chi connectivity index (χ1) is 12.6.